The fraction of sp³-hybridized carbons (Fsp3) is 0.250. The fourth-order valence-corrected chi connectivity index (χ4v) is 1.28. The molecular formula is C12H14N2O2. The van der Waals surface area contributed by atoms with E-state index >= 15 is 0 Å². The Morgan fingerprint density at radius 3 is 2.69 bits per heavy atom. The second-order valence-electron chi connectivity index (χ2n) is 3.28. The second-order valence-corrected chi connectivity index (χ2v) is 3.28. The minimum atomic E-state index is -0.909. The van der Waals surface area contributed by atoms with Crippen LogP contribution >= 0.6 is 0 Å². The van der Waals surface area contributed by atoms with Gasteiger partial charge < -0.3 is 5.11 Å². The first kappa shape index (κ1) is 12.2. The van der Waals surface area contributed by atoms with Crippen molar-refractivity contribution < 1.29 is 9.90 Å². The number of carboxylic acids is 1. The molecule has 1 aromatic carbocycles. The molecule has 4 heteroatoms. The number of nitrogens with one attached hydrogen (secondary N) is 2. The van der Waals surface area contributed by atoms with Crippen molar-refractivity contribution in [2.24, 2.45) is 0 Å². The number of hydrazine groups is 1. The Bertz CT molecular complexity index is 370. The summed E-state index contributed by atoms with van der Waals surface area (Å²) in [7, 11) is 0. The van der Waals surface area contributed by atoms with Gasteiger partial charge in [0.05, 0.1) is 6.54 Å². The van der Waals surface area contributed by atoms with Crippen molar-refractivity contribution >= 4 is 5.97 Å². The highest BCUT2D eigenvalue weighted by Gasteiger charge is 2.16. The van der Waals surface area contributed by atoms with Crippen LogP contribution in [-0.2, 0) is 11.2 Å². The van der Waals surface area contributed by atoms with Crippen LogP contribution in [0.4, 0.5) is 0 Å². The standard InChI is InChI=1S/C12H14N2O2/c1-2-8-13-14-11(12(15)16)9-10-6-4-3-5-7-10/h1,3-7,11,13-14H,8-9H2,(H,15,16)/t11-/m0/s1. The molecule has 0 aromatic heterocycles. The van der Waals surface area contributed by atoms with E-state index in [9.17, 15) is 4.79 Å². The summed E-state index contributed by atoms with van der Waals surface area (Å²) in [6, 6.07) is 8.74. The van der Waals surface area contributed by atoms with E-state index in [0.29, 0.717) is 13.0 Å². The van der Waals surface area contributed by atoms with Crippen LogP contribution in [0.3, 0.4) is 0 Å². The summed E-state index contributed by atoms with van der Waals surface area (Å²) in [5.41, 5.74) is 6.31. The molecule has 0 amide bonds. The molecule has 0 saturated carbocycles. The lowest BCUT2D eigenvalue weighted by Gasteiger charge is -2.14. The first-order chi connectivity index (χ1) is 7.74. The van der Waals surface area contributed by atoms with Gasteiger partial charge in [0.1, 0.15) is 6.04 Å². The van der Waals surface area contributed by atoms with Crippen LogP contribution in [0, 0.1) is 12.3 Å². The number of rotatable bonds is 6. The van der Waals surface area contributed by atoms with E-state index in [4.69, 9.17) is 11.5 Å². The monoisotopic (exact) mass is 218 g/mol. The van der Waals surface area contributed by atoms with Crippen molar-refractivity contribution in [2.45, 2.75) is 12.5 Å². The lowest BCUT2D eigenvalue weighted by molar-refractivity contribution is -0.139. The van der Waals surface area contributed by atoms with E-state index in [1.807, 2.05) is 30.3 Å². The van der Waals surface area contributed by atoms with Gasteiger partial charge in [-0.15, -0.1) is 6.42 Å². The Balaban J connectivity index is 2.52. The predicted molar refractivity (Wildman–Crippen MR) is 61.5 cm³/mol. The number of hydrogen-bond donors (Lipinski definition) is 3. The van der Waals surface area contributed by atoms with Gasteiger partial charge >= 0.3 is 5.97 Å². The van der Waals surface area contributed by atoms with Gasteiger partial charge in [-0.25, -0.2) is 10.9 Å². The summed E-state index contributed by atoms with van der Waals surface area (Å²) in [6.07, 6.45) is 5.45. The summed E-state index contributed by atoms with van der Waals surface area (Å²) in [6.45, 7) is 0.290. The van der Waals surface area contributed by atoms with Crippen LogP contribution in [0.5, 0.6) is 0 Å². The normalized spacial score (nSPS) is 11.7. The summed E-state index contributed by atoms with van der Waals surface area (Å²) >= 11 is 0. The zero-order valence-corrected chi connectivity index (χ0v) is 8.81. The minimum absolute atomic E-state index is 0.290. The summed E-state index contributed by atoms with van der Waals surface area (Å²) in [5, 5.41) is 8.98. The Morgan fingerprint density at radius 2 is 2.12 bits per heavy atom. The molecular weight excluding hydrogens is 204 g/mol. The Hall–Kier alpha value is -1.83. The van der Waals surface area contributed by atoms with Crippen LogP contribution < -0.4 is 10.9 Å². The molecule has 0 fully saturated rings. The zero-order chi connectivity index (χ0) is 11.8. The smallest absolute Gasteiger partial charge is 0.322 e. The van der Waals surface area contributed by atoms with Gasteiger partial charge in [0.2, 0.25) is 0 Å². The average molecular weight is 218 g/mol. The molecule has 0 saturated heterocycles. The molecule has 0 aliphatic carbocycles. The summed E-state index contributed by atoms with van der Waals surface area (Å²) in [5.74, 6) is 1.45. The maximum atomic E-state index is 10.9. The van der Waals surface area contributed by atoms with E-state index in [2.05, 4.69) is 16.8 Å². The molecule has 1 aromatic rings. The third kappa shape index (κ3) is 4.13. The quantitative estimate of drug-likeness (QED) is 0.368. The molecule has 0 aliphatic rings. The van der Waals surface area contributed by atoms with E-state index in [1.165, 1.54) is 0 Å². The Kier molecular flexibility index (Phi) is 5.06. The predicted octanol–water partition coefficient (Wildman–Crippen LogP) is 0.410. The zero-order valence-electron chi connectivity index (χ0n) is 8.81. The van der Waals surface area contributed by atoms with Crippen molar-refractivity contribution in [3.8, 4) is 12.3 Å². The highest BCUT2D eigenvalue weighted by atomic mass is 16.4. The van der Waals surface area contributed by atoms with Gasteiger partial charge in [-0.05, 0) is 12.0 Å². The number of aliphatic carboxylic acids is 1. The number of benzene rings is 1. The molecule has 0 unspecified atom stereocenters. The lowest BCUT2D eigenvalue weighted by Crippen LogP contribution is -2.46. The van der Waals surface area contributed by atoms with E-state index < -0.39 is 12.0 Å². The Labute approximate surface area is 94.6 Å². The molecule has 0 heterocycles. The van der Waals surface area contributed by atoms with Crippen molar-refractivity contribution in [1.29, 1.82) is 0 Å². The van der Waals surface area contributed by atoms with Crippen molar-refractivity contribution in [3.63, 3.8) is 0 Å². The summed E-state index contributed by atoms with van der Waals surface area (Å²) in [4.78, 5) is 10.9. The third-order valence-corrected chi connectivity index (χ3v) is 2.05. The summed E-state index contributed by atoms with van der Waals surface area (Å²) < 4.78 is 0. The number of terminal acetylenes is 1. The molecule has 0 spiro atoms. The average Bonchev–Trinajstić information content (AvgIpc) is 2.29. The Morgan fingerprint density at radius 1 is 1.44 bits per heavy atom. The first-order valence-corrected chi connectivity index (χ1v) is 4.92. The number of carboxylic acid groups (broad SMARTS) is 1. The van der Waals surface area contributed by atoms with Crippen LogP contribution in [0.2, 0.25) is 0 Å². The van der Waals surface area contributed by atoms with Crippen molar-refractivity contribution in [3.05, 3.63) is 35.9 Å². The minimum Gasteiger partial charge on any atom is -0.480 e. The van der Waals surface area contributed by atoms with Gasteiger partial charge in [-0.2, -0.15) is 0 Å². The molecule has 1 rings (SSSR count). The largest absolute Gasteiger partial charge is 0.480 e. The highest BCUT2D eigenvalue weighted by molar-refractivity contribution is 5.73. The fourth-order valence-electron chi connectivity index (χ4n) is 1.28. The maximum Gasteiger partial charge on any atom is 0.322 e. The number of hydrogen-bond acceptors (Lipinski definition) is 3. The molecule has 16 heavy (non-hydrogen) atoms. The van der Waals surface area contributed by atoms with E-state index in [0.717, 1.165) is 5.56 Å². The second kappa shape index (κ2) is 6.62. The van der Waals surface area contributed by atoms with Crippen molar-refractivity contribution in [1.82, 2.24) is 10.9 Å². The van der Waals surface area contributed by atoms with Crippen LogP contribution in [0.1, 0.15) is 5.56 Å². The molecule has 3 N–H and O–H groups in total. The highest BCUT2D eigenvalue weighted by Crippen LogP contribution is 2.02. The van der Waals surface area contributed by atoms with Crippen LogP contribution in [-0.4, -0.2) is 23.7 Å². The lowest BCUT2D eigenvalue weighted by atomic mass is 10.1. The maximum absolute atomic E-state index is 10.9. The van der Waals surface area contributed by atoms with Crippen molar-refractivity contribution in [2.75, 3.05) is 6.54 Å². The van der Waals surface area contributed by atoms with Gasteiger partial charge in [-0.3, -0.25) is 4.79 Å². The van der Waals surface area contributed by atoms with Gasteiger partial charge in [0.25, 0.3) is 0 Å². The van der Waals surface area contributed by atoms with Gasteiger partial charge in [0, 0.05) is 0 Å². The molecule has 0 radical (unpaired) electrons. The molecule has 4 nitrogen and oxygen atoms in total. The SMILES string of the molecule is C#CCNN[C@@H](Cc1ccccc1)C(=O)O. The van der Waals surface area contributed by atoms with E-state index in [1.54, 1.807) is 0 Å². The molecule has 84 valence electrons. The first-order valence-electron chi connectivity index (χ1n) is 4.92. The molecule has 1 atom stereocenters. The van der Waals surface area contributed by atoms with Gasteiger partial charge in [-0.1, -0.05) is 36.3 Å². The van der Waals surface area contributed by atoms with Crippen LogP contribution in [0.25, 0.3) is 0 Å². The van der Waals surface area contributed by atoms with E-state index in [-0.39, 0.29) is 0 Å². The molecule has 0 aliphatic heterocycles. The molecule has 0 bridgehead atoms. The van der Waals surface area contributed by atoms with Gasteiger partial charge in [0.15, 0.2) is 0 Å². The topological polar surface area (TPSA) is 61.4 Å². The number of carbonyl (C=O) groups is 1. The third-order valence-electron chi connectivity index (χ3n) is 2.05. The van der Waals surface area contributed by atoms with Crippen LogP contribution in [0.15, 0.2) is 30.3 Å².